The quantitative estimate of drug-likeness (QED) is 0.144. The molecule has 0 spiro atoms. The molecule has 0 saturated carbocycles. The second-order valence-corrected chi connectivity index (χ2v) is 8.71. The SMILES string of the molecule is COC(=O)c1cc(Br)c2c3cccc4c(C(=O)OC)cc(Br)c(c5cccc1c52)c43. The predicted molar refractivity (Wildman–Crippen MR) is 126 cm³/mol. The Morgan fingerprint density at radius 1 is 0.633 bits per heavy atom. The van der Waals surface area contributed by atoms with Gasteiger partial charge in [-0.3, -0.25) is 0 Å². The largest absolute Gasteiger partial charge is 0.465 e. The molecule has 0 aromatic heterocycles. The Morgan fingerprint density at radius 2 is 1.00 bits per heavy atom. The molecule has 0 aliphatic carbocycles. The summed E-state index contributed by atoms with van der Waals surface area (Å²) in [5.41, 5.74) is 1.01. The maximum atomic E-state index is 12.5. The smallest absolute Gasteiger partial charge is 0.338 e. The molecule has 0 saturated heterocycles. The summed E-state index contributed by atoms with van der Waals surface area (Å²) < 4.78 is 11.6. The maximum absolute atomic E-state index is 12.5. The Kier molecular flexibility index (Phi) is 4.45. The van der Waals surface area contributed by atoms with Gasteiger partial charge in [-0.25, -0.2) is 9.59 Å². The Morgan fingerprint density at radius 3 is 1.37 bits per heavy atom. The van der Waals surface area contributed by atoms with Crippen LogP contribution in [0.25, 0.3) is 43.1 Å². The first-order chi connectivity index (χ1) is 14.5. The van der Waals surface area contributed by atoms with Crippen molar-refractivity contribution in [1.29, 1.82) is 0 Å². The number of benzene rings is 5. The Labute approximate surface area is 188 Å². The fourth-order valence-electron chi connectivity index (χ4n) is 4.39. The van der Waals surface area contributed by atoms with Crippen LogP contribution in [-0.2, 0) is 9.47 Å². The third-order valence-electron chi connectivity index (χ3n) is 5.58. The maximum Gasteiger partial charge on any atom is 0.338 e. The van der Waals surface area contributed by atoms with E-state index in [9.17, 15) is 9.59 Å². The van der Waals surface area contributed by atoms with Crippen LogP contribution in [0.4, 0.5) is 0 Å². The summed E-state index contributed by atoms with van der Waals surface area (Å²) in [5.74, 6) is -0.771. The second kappa shape index (κ2) is 6.93. The summed E-state index contributed by atoms with van der Waals surface area (Å²) in [6.07, 6.45) is 0. The first-order valence-corrected chi connectivity index (χ1v) is 10.7. The van der Waals surface area contributed by atoms with Gasteiger partial charge in [0, 0.05) is 19.7 Å². The highest BCUT2D eigenvalue weighted by molar-refractivity contribution is 9.11. The lowest BCUT2D eigenvalue weighted by Gasteiger charge is -2.19. The minimum atomic E-state index is -0.386. The van der Waals surface area contributed by atoms with Gasteiger partial charge in [0.2, 0.25) is 0 Å². The fraction of sp³-hybridized carbons (Fsp3) is 0.0833. The van der Waals surface area contributed by atoms with Crippen LogP contribution in [0.15, 0.2) is 57.5 Å². The first-order valence-electron chi connectivity index (χ1n) is 9.15. The number of hydrogen-bond donors (Lipinski definition) is 0. The monoisotopic (exact) mass is 524 g/mol. The molecule has 30 heavy (non-hydrogen) atoms. The van der Waals surface area contributed by atoms with Crippen LogP contribution in [0.5, 0.6) is 0 Å². The van der Waals surface area contributed by atoms with Crippen molar-refractivity contribution in [1.82, 2.24) is 0 Å². The van der Waals surface area contributed by atoms with E-state index in [1.807, 2.05) is 36.4 Å². The van der Waals surface area contributed by atoms with Gasteiger partial charge < -0.3 is 9.47 Å². The topological polar surface area (TPSA) is 52.6 Å². The normalized spacial score (nSPS) is 11.6. The zero-order valence-corrected chi connectivity index (χ0v) is 19.2. The molecule has 6 heteroatoms. The second-order valence-electron chi connectivity index (χ2n) is 7.00. The van der Waals surface area contributed by atoms with E-state index in [-0.39, 0.29) is 11.9 Å². The number of halogens is 2. The van der Waals surface area contributed by atoms with E-state index in [0.29, 0.717) is 11.1 Å². The van der Waals surface area contributed by atoms with Crippen molar-refractivity contribution in [3.63, 3.8) is 0 Å². The number of rotatable bonds is 2. The van der Waals surface area contributed by atoms with Gasteiger partial charge in [-0.15, -0.1) is 0 Å². The predicted octanol–water partition coefficient (Wildman–Crippen LogP) is 6.84. The number of carbonyl (C=O) groups is 2. The van der Waals surface area contributed by atoms with Gasteiger partial charge in [0.05, 0.1) is 25.3 Å². The van der Waals surface area contributed by atoms with Crippen LogP contribution in [0.3, 0.4) is 0 Å². The molecule has 0 aliphatic heterocycles. The van der Waals surface area contributed by atoms with Crippen LogP contribution in [0.2, 0.25) is 0 Å². The summed E-state index contributed by atoms with van der Waals surface area (Å²) >= 11 is 7.36. The highest BCUT2D eigenvalue weighted by atomic mass is 79.9. The Hall–Kier alpha value is -2.70. The lowest BCUT2D eigenvalue weighted by molar-refractivity contribution is 0.0594. The van der Waals surface area contributed by atoms with Gasteiger partial charge in [0.15, 0.2) is 0 Å². The molecule has 0 N–H and O–H groups in total. The molecule has 0 unspecified atom stereocenters. The fourth-order valence-corrected chi connectivity index (χ4v) is 5.67. The summed E-state index contributed by atoms with van der Waals surface area (Å²) in [6, 6.07) is 15.4. The standard InChI is InChI=1S/C24H14Br2O4/c1-29-23(27)15-9-17(25)21-14-8-4-6-12-16(24(28)30-2)10-18(26)22(20(12)14)13-7-3-5-11(15)19(13)21/h3-10H,1-2H3. The molecular weight excluding hydrogens is 512 g/mol. The third-order valence-corrected chi connectivity index (χ3v) is 6.83. The Bertz CT molecular complexity index is 1410. The number of hydrogen-bond acceptors (Lipinski definition) is 4. The van der Waals surface area contributed by atoms with E-state index >= 15 is 0 Å². The molecule has 0 bridgehead atoms. The highest BCUT2D eigenvalue weighted by Gasteiger charge is 2.23. The molecule has 0 fully saturated rings. The number of esters is 2. The van der Waals surface area contributed by atoms with E-state index in [2.05, 4.69) is 31.9 Å². The molecule has 5 rings (SSSR count). The molecule has 148 valence electrons. The third kappa shape index (κ3) is 2.50. The number of carbonyl (C=O) groups excluding carboxylic acids is 2. The lowest BCUT2D eigenvalue weighted by Crippen LogP contribution is -2.04. The molecule has 5 aromatic rings. The van der Waals surface area contributed by atoms with Crippen LogP contribution < -0.4 is 0 Å². The van der Waals surface area contributed by atoms with Gasteiger partial charge in [0.1, 0.15) is 0 Å². The van der Waals surface area contributed by atoms with E-state index < -0.39 is 0 Å². The van der Waals surface area contributed by atoms with Crippen LogP contribution >= 0.6 is 31.9 Å². The number of ether oxygens (including phenoxy) is 2. The average Bonchev–Trinajstić information content (AvgIpc) is 2.77. The summed E-state index contributed by atoms with van der Waals surface area (Å²) in [7, 11) is 2.76. The van der Waals surface area contributed by atoms with Crippen molar-refractivity contribution in [2.45, 2.75) is 0 Å². The van der Waals surface area contributed by atoms with Crippen molar-refractivity contribution < 1.29 is 19.1 Å². The van der Waals surface area contributed by atoms with Crippen molar-refractivity contribution >= 4 is 86.9 Å². The van der Waals surface area contributed by atoms with Crippen LogP contribution in [0, 0.1) is 0 Å². The zero-order valence-electron chi connectivity index (χ0n) is 16.0. The van der Waals surface area contributed by atoms with Gasteiger partial charge in [-0.05, 0) is 44.5 Å². The van der Waals surface area contributed by atoms with Crippen molar-refractivity contribution in [2.75, 3.05) is 14.2 Å². The van der Waals surface area contributed by atoms with Gasteiger partial charge in [-0.2, -0.15) is 0 Å². The molecule has 4 nitrogen and oxygen atoms in total. The lowest BCUT2D eigenvalue weighted by atomic mass is 9.87. The van der Waals surface area contributed by atoms with Crippen LogP contribution in [0.1, 0.15) is 20.7 Å². The molecule has 0 heterocycles. The van der Waals surface area contributed by atoms with Crippen molar-refractivity contribution in [3.8, 4) is 0 Å². The Balaban J connectivity index is 2.13. The molecule has 5 aromatic carbocycles. The van der Waals surface area contributed by atoms with E-state index in [0.717, 1.165) is 52.0 Å². The average molecular weight is 526 g/mol. The van der Waals surface area contributed by atoms with Crippen molar-refractivity contribution in [2.24, 2.45) is 0 Å². The molecule has 0 atom stereocenters. The van der Waals surface area contributed by atoms with Crippen molar-refractivity contribution in [3.05, 3.63) is 68.6 Å². The highest BCUT2D eigenvalue weighted by Crippen LogP contribution is 2.47. The molecule has 0 amide bonds. The minimum absolute atomic E-state index is 0.386. The minimum Gasteiger partial charge on any atom is -0.465 e. The first kappa shape index (κ1) is 19.3. The summed E-state index contributed by atoms with van der Waals surface area (Å²) in [6.45, 7) is 0. The zero-order chi connectivity index (χ0) is 21.2. The van der Waals surface area contributed by atoms with Gasteiger partial charge in [0.25, 0.3) is 0 Å². The van der Waals surface area contributed by atoms with Gasteiger partial charge >= 0.3 is 11.9 Å². The summed E-state index contributed by atoms with van der Waals surface area (Å²) in [5, 5.41) is 7.54. The van der Waals surface area contributed by atoms with Crippen LogP contribution in [-0.4, -0.2) is 26.2 Å². The van der Waals surface area contributed by atoms with E-state index in [1.165, 1.54) is 14.2 Å². The molecular formula is C24H14Br2O4. The number of methoxy groups -OCH3 is 2. The summed E-state index contributed by atoms with van der Waals surface area (Å²) in [4.78, 5) is 24.9. The van der Waals surface area contributed by atoms with E-state index in [4.69, 9.17) is 9.47 Å². The molecule has 0 aliphatic rings. The van der Waals surface area contributed by atoms with E-state index in [1.54, 1.807) is 12.1 Å². The van der Waals surface area contributed by atoms with Gasteiger partial charge in [-0.1, -0.05) is 68.3 Å². The molecule has 0 radical (unpaired) electrons. The number of fused-ring (bicyclic) bond motifs is 2.